The van der Waals surface area contributed by atoms with E-state index in [1.165, 1.54) is 11.3 Å². The SMILES string of the molecule is Cc1nc(CC(C)C)c(NC(=O)Cc2c(C)n[nH]c2C)s1. The first-order valence-corrected chi connectivity index (χ1v) is 7.95. The zero-order valence-corrected chi connectivity index (χ0v) is 14.0. The van der Waals surface area contributed by atoms with E-state index < -0.39 is 0 Å². The summed E-state index contributed by atoms with van der Waals surface area (Å²) in [5.41, 5.74) is 3.79. The van der Waals surface area contributed by atoms with Gasteiger partial charge in [0.2, 0.25) is 5.91 Å². The molecule has 0 aliphatic rings. The largest absolute Gasteiger partial charge is 0.316 e. The topological polar surface area (TPSA) is 70.7 Å². The second-order valence-corrected chi connectivity index (χ2v) is 6.95. The maximum atomic E-state index is 12.3. The smallest absolute Gasteiger partial charge is 0.229 e. The zero-order chi connectivity index (χ0) is 15.6. The molecule has 114 valence electrons. The van der Waals surface area contributed by atoms with Crippen LogP contribution < -0.4 is 5.32 Å². The minimum atomic E-state index is -0.0174. The number of carbonyl (C=O) groups is 1. The molecule has 2 aromatic heterocycles. The average Bonchev–Trinajstić information content (AvgIpc) is 2.86. The highest BCUT2D eigenvalue weighted by molar-refractivity contribution is 7.16. The van der Waals surface area contributed by atoms with Gasteiger partial charge in [0.1, 0.15) is 5.00 Å². The van der Waals surface area contributed by atoms with Gasteiger partial charge in [-0.3, -0.25) is 9.89 Å². The summed E-state index contributed by atoms with van der Waals surface area (Å²) in [6.45, 7) is 10.1. The number of carbonyl (C=O) groups excluding carboxylic acids is 1. The summed E-state index contributed by atoms with van der Waals surface area (Å²) in [7, 11) is 0. The van der Waals surface area contributed by atoms with Gasteiger partial charge < -0.3 is 5.32 Å². The molecule has 0 spiro atoms. The van der Waals surface area contributed by atoms with E-state index in [1.807, 2.05) is 20.8 Å². The Morgan fingerprint density at radius 3 is 2.62 bits per heavy atom. The lowest BCUT2D eigenvalue weighted by atomic mass is 10.1. The standard InChI is InChI=1S/C15H22N4OS/c1-8(2)6-13-15(21-11(5)16-13)17-14(20)7-12-9(3)18-19-10(12)4/h8H,6-7H2,1-5H3,(H,17,20)(H,18,19). The molecule has 0 fully saturated rings. The van der Waals surface area contributed by atoms with Crippen molar-refractivity contribution in [2.45, 2.75) is 47.5 Å². The van der Waals surface area contributed by atoms with E-state index >= 15 is 0 Å². The van der Waals surface area contributed by atoms with E-state index in [0.29, 0.717) is 12.3 Å². The Labute approximate surface area is 129 Å². The van der Waals surface area contributed by atoms with E-state index in [4.69, 9.17) is 0 Å². The van der Waals surface area contributed by atoms with E-state index in [9.17, 15) is 4.79 Å². The summed E-state index contributed by atoms with van der Waals surface area (Å²) in [6, 6.07) is 0. The number of anilines is 1. The van der Waals surface area contributed by atoms with Crippen molar-refractivity contribution in [1.29, 1.82) is 0 Å². The third-order valence-corrected chi connectivity index (χ3v) is 4.21. The number of amides is 1. The first-order valence-electron chi connectivity index (χ1n) is 7.13. The summed E-state index contributed by atoms with van der Waals surface area (Å²) >= 11 is 1.54. The number of hydrogen-bond donors (Lipinski definition) is 2. The van der Waals surface area contributed by atoms with Crippen molar-refractivity contribution in [3.8, 4) is 0 Å². The van der Waals surface area contributed by atoms with Crippen LogP contribution in [0.2, 0.25) is 0 Å². The number of aromatic nitrogens is 3. The molecule has 0 unspecified atom stereocenters. The van der Waals surface area contributed by atoms with Crippen LogP contribution in [0.15, 0.2) is 0 Å². The fourth-order valence-corrected chi connectivity index (χ4v) is 3.12. The Bertz CT molecular complexity index is 623. The zero-order valence-electron chi connectivity index (χ0n) is 13.2. The van der Waals surface area contributed by atoms with Gasteiger partial charge in [-0.05, 0) is 33.1 Å². The normalized spacial score (nSPS) is 11.1. The molecule has 1 amide bonds. The first-order chi connectivity index (χ1) is 9.86. The number of nitrogens with one attached hydrogen (secondary N) is 2. The quantitative estimate of drug-likeness (QED) is 0.891. The molecular formula is C15H22N4OS. The van der Waals surface area contributed by atoms with Gasteiger partial charge in [0.15, 0.2) is 0 Å². The van der Waals surface area contributed by atoms with Crippen LogP contribution in [-0.4, -0.2) is 21.1 Å². The summed E-state index contributed by atoms with van der Waals surface area (Å²) < 4.78 is 0. The van der Waals surface area contributed by atoms with Crippen LogP contribution in [-0.2, 0) is 17.6 Å². The molecule has 2 aromatic rings. The third-order valence-electron chi connectivity index (χ3n) is 3.28. The Morgan fingerprint density at radius 1 is 1.33 bits per heavy atom. The third kappa shape index (κ3) is 3.91. The van der Waals surface area contributed by atoms with Crippen LogP contribution >= 0.6 is 11.3 Å². The van der Waals surface area contributed by atoms with Crippen molar-refractivity contribution in [2.24, 2.45) is 5.92 Å². The minimum Gasteiger partial charge on any atom is -0.316 e. The van der Waals surface area contributed by atoms with E-state index in [0.717, 1.165) is 39.1 Å². The van der Waals surface area contributed by atoms with Gasteiger partial charge in [-0.25, -0.2) is 4.98 Å². The molecule has 0 radical (unpaired) electrons. The summed E-state index contributed by atoms with van der Waals surface area (Å²) in [5, 5.41) is 11.9. The molecule has 2 rings (SSSR count). The summed E-state index contributed by atoms with van der Waals surface area (Å²) in [6.07, 6.45) is 1.22. The Hall–Kier alpha value is -1.69. The lowest BCUT2D eigenvalue weighted by molar-refractivity contribution is -0.115. The molecule has 0 aliphatic heterocycles. The maximum absolute atomic E-state index is 12.3. The van der Waals surface area contributed by atoms with Crippen molar-refractivity contribution in [2.75, 3.05) is 5.32 Å². The maximum Gasteiger partial charge on any atom is 0.229 e. The Kier molecular flexibility index (Phi) is 4.77. The van der Waals surface area contributed by atoms with Gasteiger partial charge >= 0.3 is 0 Å². The van der Waals surface area contributed by atoms with Crippen LogP contribution in [0, 0.1) is 26.7 Å². The molecule has 21 heavy (non-hydrogen) atoms. The van der Waals surface area contributed by atoms with Gasteiger partial charge in [-0.2, -0.15) is 5.10 Å². The fourth-order valence-electron chi connectivity index (χ4n) is 2.26. The van der Waals surface area contributed by atoms with Gasteiger partial charge in [0.25, 0.3) is 0 Å². The fraction of sp³-hybridized carbons (Fsp3) is 0.533. The molecule has 5 nitrogen and oxygen atoms in total. The molecule has 0 bridgehead atoms. The summed E-state index contributed by atoms with van der Waals surface area (Å²) in [4.78, 5) is 16.8. The second kappa shape index (κ2) is 6.39. The molecule has 0 saturated heterocycles. The van der Waals surface area contributed by atoms with Crippen LogP contribution in [0.5, 0.6) is 0 Å². The molecule has 0 aliphatic carbocycles. The van der Waals surface area contributed by atoms with Crippen LogP contribution in [0.4, 0.5) is 5.00 Å². The van der Waals surface area contributed by atoms with Crippen molar-refractivity contribution in [3.05, 3.63) is 27.7 Å². The highest BCUT2D eigenvalue weighted by Crippen LogP contribution is 2.26. The molecule has 2 N–H and O–H groups in total. The number of aryl methyl sites for hydroxylation is 3. The van der Waals surface area contributed by atoms with Crippen molar-refractivity contribution in [1.82, 2.24) is 15.2 Å². The second-order valence-electron chi connectivity index (χ2n) is 5.74. The predicted molar refractivity (Wildman–Crippen MR) is 85.8 cm³/mol. The molecule has 2 heterocycles. The predicted octanol–water partition coefficient (Wildman–Crippen LogP) is 3.17. The van der Waals surface area contributed by atoms with E-state index in [1.54, 1.807) is 0 Å². The number of thiazole rings is 1. The highest BCUT2D eigenvalue weighted by atomic mass is 32.1. The molecule has 0 aromatic carbocycles. The summed E-state index contributed by atoms with van der Waals surface area (Å²) in [5.74, 6) is 0.497. The Balaban J connectivity index is 2.09. The minimum absolute atomic E-state index is 0.0174. The average molecular weight is 306 g/mol. The van der Waals surface area contributed by atoms with Gasteiger partial charge in [0.05, 0.1) is 22.8 Å². The van der Waals surface area contributed by atoms with Gasteiger partial charge in [-0.1, -0.05) is 13.8 Å². The van der Waals surface area contributed by atoms with Crippen molar-refractivity contribution in [3.63, 3.8) is 0 Å². The molecule has 0 saturated carbocycles. The highest BCUT2D eigenvalue weighted by Gasteiger charge is 2.16. The molecule has 0 atom stereocenters. The van der Waals surface area contributed by atoms with Crippen LogP contribution in [0.3, 0.4) is 0 Å². The van der Waals surface area contributed by atoms with E-state index in [-0.39, 0.29) is 5.91 Å². The van der Waals surface area contributed by atoms with Crippen LogP contribution in [0.25, 0.3) is 0 Å². The first kappa shape index (κ1) is 15.7. The monoisotopic (exact) mass is 306 g/mol. The number of hydrogen-bond acceptors (Lipinski definition) is 4. The van der Waals surface area contributed by atoms with Gasteiger partial charge in [-0.15, -0.1) is 11.3 Å². The molecule has 6 heteroatoms. The lowest BCUT2D eigenvalue weighted by Crippen LogP contribution is -2.15. The van der Waals surface area contributed by atoms with Crippen molar-refractivity contribution >= 4 is 22.2 Å². The number of rotatable bonds is 5. The number of nitrogens with zero attached hydrogens (tertiary/aromatic N) is 2. The molecular weight excluding hydrogens is 284 g/mol. The van der Waals surface area contributed by atoms with Crippen LogP contribution in [0.1, 0.15) is 41.5 Å². The number of H-pyrrole nitrogens is 1. The van der Waals surface area contributed by atoms with Gasteiger partial charge in [0, 0.05) is 11.3 Å². The Morgan fingerprint density at radius 2 is 2.05 bits per heavy atom. The number of aromatic amines is 1. The van der Waals surface area contributed by atoms with Crippen molar-refractivity contribution < 1.29 is 4.79 Å². The van der Waals surface area contributed by atoms with E-state index in [2.05, 4.69) is 34.3 Å². The lowest BCUT2D eigenvalue weighted by Gasteiger charge is -2.07.